The zero-order valence-corrected chi connectivity index (χ0v) is 6.23. The van der Waals surface area contributed by atoms with Crippen LogP contribution in [0.3, 0.4) is 0 Å². The van der Waals surface area contributed by atoms with E-state index in [-0.39, 0.29) is 5.57 Å². The van der Waals surface area contributed by atoms with Gasteiger partial charge < -0.3 is 5.73 Å². The molecule has 0 aromatic heterocycles. The highest BCUT2D eigenvalue weighted by Crippen LogP contribution is 2.00. The molecular weight excluding hydrogens is 148 g/mol. The zero-order chi connectivity index (χ0) is 7.98. The number of nitrogens with two attached hydrogens (primary N) is 1. The van der Waals surface area contributed by atoms with E-state index in [1.54, 1.807) is 0 Å². The molecule has 0 heterocycles. The molecule has 0 aromatic rings. The van der Waals surface area contributed by atoms with Crippen molar-refractivity contribution in [2.24, 2.45) is 10.1 Å². The molecule has 0 aliphatic carbocycles. The Bertz CT molecular complexity index is 186. The van der Waals surface area contributed by atoms with Crippen LogP contribution < -0.4 is 5.73 Å². The standard InChI is InChI=1S/C6H8N2OS/c1-3-10-8-4-5(2)6(7)9/h3-4H,1-2H2,(H2,7,9). The third-order valence-corrected chi connectivity index (χ3v) is 1.04. The Morgan fingerprint density at radius 3 is 2.70 bits per heavy atom. The van der Waals surface area contributed by atoms with E-state index in [9.17, 15) is 4.79 Å². The number of carbonyl (C=O) groups is 1. The highest BCUT2D eigenvalue weighted by atomic mass is 32.2. The second-order valence-corrected chi connectivity index (χ2v) is 2.15. The number of carbonyl (C=O) groups excluding carboxylic acids is 1. The molecule has 0 radical (unpaired) electrons. The van der Waals surface area contributed by atoms with Crippen molar-refractivity contribution in [2.75, 3.05) is 0 Å². The predicted octanol–water partition coefficient (Wildman–Crippen LogP) is 0.890. The van der Waals surface area contributed by atoms with Crippen molar-refractivity contribution in [2.45, 2.75) is 0 Å². The van der Waals surface area contributed by atoms with Crippen LogP contribution >= 0.6 is 11.9 Å². The fourth-order valence-corrected chi connectivity index (χ4v) is 0.475. The molecule has 0 atom stereocenters. The molecule has 0 rings (SSSR count). The van der Waals surface area contributed by atoms with Gasteiger partial charge in [-0.1, -0.05) is 13.2 Å². The largest absolute Gasteiger partial charge is 0.366 e. The fraction of sp³-hybridized carbons (Fsp3) is 0. The average molecular weight is 156 g/mol. The van der Waals surface area contributed by atoms with Gasteiger partial charge >= 0.3 is 0 Å². The number of hydrogen-bond donors (Lipinski definition) is 1. The lowest BCUT2D eigenvalue weighted by Crippen LogP contribution is -2.13. The van der Waals surface area contributed by atoms with Gasteiger partial charge in [0, 0.05) is 18.2 Å². The van der Waals surface area contributed by atoms with Crippen molar-refractivity contribution >= 4 is 24.1 Å². The Morgan fingerprint density at radius 2 is 2.30 bits per heavy atom. The van der Waals surface area contributed by atoms with Gasteiger partial charge in [0.15, 0.2) is 0 Å². The van der Waals surface area contributed by atoms with E-state index < -0.39 is 5.91 Å². The fourth-order valence-electron chi connectivity index (χ4n) is 0.201. The molecule has 0 bridgehead atoms. The Balaban J connectivity index is 3.78. The maximum Gasteiger partial charge on any atom is 0.249 e. The van der Waals surface area contributed by atoms with Gasteiger partial charge in [-0.05, 0) is 5.41 Å². The lowest BCUT2D eigenvalue weighted by Gasteiger charge is -1.87. The lowest BCUT2D eigenvalue weighted by molar-refractivity contribution is -0.114. The lowest BCUT2D eigenvalue weighted by atomic mass is 10.3. The number of amides is 1. The summed E-state index contributed by atoms with van der Waals surface area (Å²) in [5, 5.41) is 1.53. The molecular formula is C6H8N2OS. The van der Waals surface area contributed by atoms with Gasteiger partial charge in [0.05, 0.1) is 5.57 Å². The minimum atomic E-state index is -0.562. The molecule has 4 heteroatoms. The number of primary amides is 1. The summed E-state index contributed by atoms with van der Waals surface area (Å²) >= 11 is 1.12. The van der Waals surface area contributed by atoms with Gasteiger partial charge in [0.2, 0.25) is 5.91 Å². The molecule has 3 nitrogen and oxygen atoms in total. The van der Waals surface area contributed by atoms with Crippen LogP contribution in [-0.4, -0.2) is 12.1 Å². The van der Waals surface area contributed by atoms with Gasteiger partial charge in [-0.2, -0.15) is 0 Å². The Morgan fingerprint density at radius 1 is 1.70 bits per heavy atom. The predicted molar refractivity (Wildman–Crippen MR) is 44.6 cm³/mol. The van der Waals surface area contributed by atoms with Gasteiger partial charge in [-0.15, -0.1) is 0 Å². The summed E-state index contributed by atoms with van der Waals surface area (Å²) in [4.78, 5) is 10.3. The molecule has 0 spiro atoms. The van der Waals surface area contributed by atoms with Crippen LogP contribution in [0.1, 0.15) is 0 Å². The minimum Gasteiger partial charge on any atom is -0.366 e. The van der Waals surface area contributed by atoms with Crippen molar-refractivity contribution < 1.29 is 4.79 Å². The monoisotopic (exact) mass is 156 g/mol. The molecule has 0 fully saturated rings. The molecule has 2 N–H and O–H groups in total. The van der Waals surface area contributed by atoms with Crippen LogP contribution in [0, 0.1) is 0 Å². The van der Waals surface area contributed by atoms with Crippen molar-refractivity contribution in [1.29, 1.82) is 0 Å². The number of hydrogen-bond acceptors (Lipinski definition) is 3. The van der Waals surface area contributed by atoms with E-state index in [4.69, 9.17) is 5.73 Å². The van der Waals surface area contributed by atoms with E-state index in [1.807, 2.05) is 0 Å². The van der Waals surface area contributed by atoms with E-state index in [1.165, 1.54) is 11.6 Å². The molecule has 10 heavy (non-hydrogen) atoms. The molecule has 0 aromatic carbocycles. The van der Waals surface area contributed by atoms with E-state index in [0.717, 1.165) is 11.9 Å². The maximum absolute atomic E-state index is 10.3. The topological polar surface area (TPSA) is 55.4 Å². The first-order valence-corrected chi connectivity index (χ1v) is 3.31. The number of nitrogens with zero attached hydrogens (tertiary/aromatic N) is 1. The van der Waals surface area contributed by atoms with Crippen LogP contribution in [0.25, 0.3) is 0 Å². The van der Waals surface area contributed by atoms with Crippen molar-refractivity contribution in [3.05, 3.63) is 24.1 Å². The highest BCUT2D eigenvalue weighted by molar-refractivity contribution is 8.00. The van der Waals surface area contributed by atoms with Gasteiger partial charge in [-0.25, -0.2) is 4.40 Å². The molecule has 0 saturated carbocycles. The molecule has 0 aliphatic rings. The maximum atomic E-state index is 10.3. The quantitative estimate of drug-likeness (QED) is 0.373. The second kappa shape index (κ2) is 4.81. The van der Waals surface area contributed by atoms with Gasteiger partial charge in [-0.3, -0.25) is 4.79 Å². The third kappa shape index (κ3) is 3.91. The van der Waals surface area contributed by atoms with Crippen molar-refractivity contribution in [3.8, 4) is 0 Å². The van der Waals surface area contributed by atoms with Gasteiger partial charge in [0.1, 0.15) is 0 Å². The second-order valence-electron chi connectivity index (χ2n) is 1.40. The molecule has 0 aliphatic heterocycles. The average Bonchev–Trinajstić information content (AvgIpc) is 1.88. The molecule has 54 valence electrons. The number of rotatable bonds is 4. The van der Waals surface area contributed by atoms with Crippen molar-refractivity contribution in [1.82, 2.24) is 0 Å². The van der Waals surface area contributed by atoms with Crippen LogP contribution in [-0.2, 0) is 4.79 Å². The van der Waals surface area contributed by atoms with Crippen LogP contribution in [0.2, 0.25) is 0 Å². The summed E-state index contributed by atoms with van der Waals surface area (Å²) in [5.74, 6) is -0.562. The SMILES string of the molecule is C=CSN=CC(=C)C(N)=O. The first-order chi connectivity index (χ1) is 4.68. The Kier molecular flexibility index (Phi) is 4.32. The Hall–Kier alpha value is -1.03. The summed E-state index contributed by atoms with van der Waals surface area (Å²) in [6, 6.07) is 0. The normalized spacial score (nSPS) is 9.60. The summed E-state index contributed by atoms with van der Waals surface area (Å²) in [6.07, 6.45) is 1.30. The smallest absolute Gasteiger partial charge is 0.249 e. The third-order valence-electron chi connectivity index (χ3n) is 0.660. The minimum absolute atomic E-state index is 0.189. The molecule has 0 saturated heterocycles. The first kappa shape index (κ1) is 8.97. The van der Waals surface area contributed by atoms with Crippen LogP contribution in [0.15, 0.2) is 28.5 Å². The summed E-state index contributed by atoms with van der Waals surface area (Å²) in [6.45, 7) is 6.76. The van der Waals surface area contributed by atoms with Crippen LogP contribution in [0.4, 0.5) is 0 Å². The van der Waals surface area contributed by atoms with E-state index in [0.29, 0.717) is 0 Å². The highest BCUT2D eigenvalue weighted by Gasteiger charge is 1.94. The zero-order valence-electron chi connectivity index (χ0n) is 5.41. The molecule has 1 amide bonds. The first-order valence-electron chi connectivity index (χ1n) is 2.47. The van der Waals surface area contributed by atoms with Gasteiger partial charge in [0.25, 0.3) is 0 Å². The molecule has 0 unspecified atom stereocenters. The Labute approximate surface area is 63.8 Å². The summed E-state index contributed by atoms with van der Waals surface area (Å²) < 4.78 is 3.68. The van der Waals surface area contributed by atoms with Crippen LogP contribution in [0.5, 0.6) is 0 Å². The van der Waals surface area contributed by atoms with Crippen molar-refractivity contribution in [3.63, 3.8) is 0 Å². The summed E-state index contributed by atoms with van der Waals surface area (Å²) in [7, 11) is 0. The van der Waals surface area contributed by atoms with E-state index in [2.05, 4.69) is 17.6 Å². The summed E-state index contributed by atoms with van der Waals surface area (Å²) in [5.41, 5.74) is 5.04. The van der Waals surface area contributed by atoms with E-state index >= 15 is 0 Å².